The molecular weight excluding hydrogens is 316 g/mol. The van der Waals surface area contributed by atoms with Gasteiger partial charge in [-0.2, -0.15) is 5.10 Å². The standard InChI is InChI=1S/C13H19ClN2O4S/c1-7-4-8(2)6-10(5-7)20-13(17)11-12(21(14,18)19)9(3)15-16-11/h7-8,10H,4-6H2,1-3H3,(H,15,16). The number of nitrogens with zero attached hydrogens (tertiary/aromatic N) is 1. The summed E-state index contributed by atoms with van der Waals surface area (Å²) in [5, 5.41) is 6.19. The average molecular weight is 335 g/mol. The summed E-state index contributed by atoms with van der Waals surface area (Å²) in [6.45, 7) is 5.72. The van der Waals surface area contributed by atoms with E-state index in [-0.39, 0.29) is 22.4 Å². The Morgan fingerprint density at radius 3 is 2.38 bits per heavy atom. The molecule has 1 aromatic rings. The maximum atomic E-state index is 12.2. The molecule has 118 valence electrons. The Morgan fingerprint density at radius 2 is 1.86 bits per heavy atom. The smallest absolute Gasteiger partial charge is 0.360 e. The fraction of sp³-hybridized carbons (Fsp3) is 0.692. The number of halogens is 1. The van der Waals surface area contributed by atoms with E-state index in [0.717, 1.165) is 19.3 Å². The monoisotopic (exact) mass is 334 g/mol. The number of hydrogen-bond acceptors (Lipinski definition) is 5. The van der Waals surface area contributed by atoms with Crippen molar-refractivity contribution < 1.29 is 17.9 Å². The molecule has 0 aromatic carbocycles. The first-order valence-corrected chi connectivity index (χ1v) is 9.20. The number of hydrogen-bond donors (Lipinski definition) is 1. The van der Waals surface area contributed by atoms with Crippen LogP contribution in [0.3, 0.4) is 0 Å². The largest absolute Gasteiger partial charge is 0.458 e. The van der Waals surface area contributed by atoms with Gasteiger partial charge in [-0.3, -0.25) is 5.10 Å². The van der Waals surface area contributed by atoms with Crippen molar-refractivity contribution in [3.8, 4) is 0 Å². The molecule has 6 nitrogen and oxygen atoms in total. The fourth-order valence-corrected chi connectivity index (χ4v) is 4.37. The first-order valence-electron chi connectivity index (χ1n) is 6.89. The fourth-order valence-electron chi connectivity index (χ4n) is 3.03. The van der Waals surface area contributed by atoms with Crippen LogP contribution in [-0.2, 0) is 13.8 Å². The van der Waals surface area contributed by atoms with E-state index in [4.69, 9.17) is 15.4 Å². The molecule has 1 heterocycles. The molecule has 0 aliphatic heterocycles. The normalized spacial score (nSPS) is 26.6. The minimum atomic E-state index is -4.05. The van der Waals surface area contributed by atoms with Gasteiger partial charge >= 0.3 is 5.97 Å². The summed E-state index contributed by atoms with van der Waals surface area (Å²) in [6, 6.07) is 0. The van der Waals surface area contributed by atoms with Gasteiger partial charge in [0.1, 0.15) is 11.0 Å². The minimum absolute atomic E-state index is 0.209. The Bertz CT molecular complexity index is 631. The lowest BCUT2D eigenvalue weighted by molar-refractivity contribution is 0.00705. The molecule has 0 amide bonds. The molecule has 1 aliphatic rings. The molecule has 2 atom stereocenters. The number of carbonyl (C=O) groups is 1. The third-order valence-corrected chi connectivity index (χ3v) is 5.19. The van der Waals surface area contributed by atoms with E-state index in [1.165, 1.54) is 6.92 Å². The zero-order valence-corrected chi connectivity index (χ0v) is 13.8. The molecule has 0 radical (unpaired) electrons. The topological polar surface area (TPSA) is 89.1 Å². The van der Waals surface area contributed by atoms with E-state index >= 15 is 0 Å². The summed E-state index contributed by atoms with van der Waals surface area (Å²) in [6.07, 6.45) is 2.46. The molecule has 2 rings (SSSR count). The van der Waals surface area contributed by atoms with Crippen LogP contribution >= 0.6 is 10.7 Å². The molecule has 21 heavy (non-hydrogen) atoms. The predicted molar refractivity (Wildman–Crippen MR) is 77.7 cm³/mol. The van der Waals surface area contributed by atoms with E-state index in [1.54, 1.807) is 0 Å². The number of esters is 1. The van der Waals surface area contributed by atoms with Crippen LogP contribution in [0.4, 0.5) is 0 Å². The van der Waals surface area contributed by atoms with Crippen LogP contribution in [-0.4, -0.2) is 30.7 Å². The van der Waals surface area contributed by atoms with Crippen LogP contribution in [0.15, 0.2) is 4.90 Å². The van der Waals surface area contributed by atoms with Gasteiger partial charge in [0.25, 0.3) is 9.05 Å². The van der Waals surface area contributed by atoms with Crippen molar-refractivity contribution in [3.05, 3.63) is 11.4 Å². The lowest BCUT2D eigenvalue weighted by Crippen LogP contribution is -2.29. The Balaban J connectivity index is 2.18. The highest BCUT2D eigenvalue weighted by Gasteiger charge is 2.32. The minimum Gasteiger partial charge on any atom is -0.458 e. The van der Waals surface area contributed by atoms with Gasteiger partial charge in [-0.15, -0.1) is 0 Å². The van der Waals surface area contributed by atoms with Gasteiger partial charge in [-0.25, -0.2) is 13.2 Å². The van der Waals surface area contributed by atoms with Gasteiger partial charge < -0.3 is 4.74 Å². The van der Waals surface area contributed by atoms with Crippen LogP contribution in [0, 0.1) is 18.8 Å². The quantitative estimate of drug-likeness (QED) is 0.678. The number of aromatic nitrogens is 2. The summed E-state index contributed by atoms with van der Waals surface area (Å²) < 4.78 is 28.5. The van der Waals surface area contributed by atoms with Crippen LogP contribution in [0.5, 0.6) is 0 Å². The van der Waals surface area contributed by atoms with Crippen molar-refractivity contribution in [1.29, 1.82) is 0 Å². The molecule has 1 saturated carbocycles. The van der Waals surface area contributed by atoms with Crippen LogP contribution in [0.1, 0.15) is 49.3 Å². The van der Waals surface area contributed by atoms with Crippen LogP contribution in [0.2, 0.25) is 0 Å². The van der Waals surface area contributed by atoms with Gasteiger partial charge in [0.2, 0.25) is 0 Å². The summed E-state index contributed by atoms with van der Waals surface area (Å²) in [5.41, 5.74) is -0.0456. The molecule has 8 heteroatoms. The van der Waals surface area contributed by atoms with Crippen LogP contribution < -0.4 is 0 Å². The van der Waals surface area contributed by atoms with Crippen LogP contribution in [0.25, 0.3) is 0 Å². The number of H-pyrrole nitrogens is 1. The highest BCUT2D eigenvalue weighted by molar-refractivity contribution is 8.13. The number of ether oxygens (including phenoxy) is 1. The molecular formula is C13H19ClN2O4S. The van der Waals surface area contributed by atoms with E-state index in [0.29, 0.717) is 11.8 Å². The number of aromatic amines is 1. The third kappa shape index (κ3) is 3.77. The zero-order valence-electron chi connectivity index (χ0n) is 12.2. The molecule has 2 unspecified atom stereocenters. The van der Waals surface area contributed by atoms with Crippen molar-refractivity contribution in [2.75, 3.05) is 0 Å². The second kappa shape index (κ2) is 5.96. The van der Waals surface area contributed by atoms with Gasteiger partial charge in [-0.1, -0.05) is 13.8 Å². The molecule has 1 N–H and O–H groups in total. The van der Waals surface area contributed by atoms with Gasteiger partial charge in [0.05, 0.1) is 5.69 Å². The van der Waals surface area contributed by atoms with Crippen molar-refractivity contribution in [2.45, 2.75) is 51.0 Å². The Labute approximate surface area is 128 Å². The van der Waals surface area contributed by atoms with Crippen molar-refractivity contribution in [1.82, 2.24) is 10.2 Å². The van der Waals surface area contributed by atoms with Crippen molar-refractivity contribution >= 4 is 25.7 Å². The van der Waals surface area contributed by atoms with Crippen molar-refractivity contribution in [2.24, 2.45) is 11.8 Å². The predicted octanol–water partition coefficient (Wildman–Crippen LogP) is 2.63. The average Bonchev–Trinajstić information content (AvgIpc) is 2.69. The SMILES string of the molecule is Cc1[nH]nc(C(=O)OC2CC(C)CC(C)C2)c1S(=O)(=O)Cl. The van der Waals surface area contributed by atoms with E-state index in [2.05, 4.69) is 24.0 Å². The zero-order chi connectivity index (χ0) is 15.8. The first kappa shape index (κ1) is 16.3. The Kier molecular flexibility index (Phi) is 4.63. The van der Waals surface area contributed by atoms with Gasteiger partial charge in [0.15, 0.2) is 5.69 Å². The molecule has 0 spiro atoms. The van der Waals surface area contributed by atoms with E-state index in [1.807, 2.05) is 0 Å². The third-order valence-electron chi connectivity index (χ3n) is 3.74. The molecule has 1 aliphatic carbocycles. The molecule has 1 aromatic heterocycles. The van der Waals surface area contributed by atoms with Gasteiger partial charge in [-0.05, 0) is 38.0 Å². The lowest BCUT2D eigenvalue weighted by atomic mass is 9.82. The highest BCUT2D eigenvalue weighted by Crippen LogP contribution is 2.31. The number of aryl methyl sites for hydroxylation is 1. The maximum absolute atomic E-state index is 12.2. The number of carbonyl (C=O) groups excluding carboxylic acids is 1. The summed E-state index contributed by atoms with van der Waals surface area (Å²) in [4.78, 5) is 11.9. The van der Waals surface area contributed by atoms with Crippen molar-refractivity contribution in [3.63, 3.8) is 0 Å². The highest BCUT2D eigenvalue weighted by atomic mass is 35.7. The Hall–Kier alpha value is -1.08. The summed E-state index contributed by atoms with van der Waals surface area (Å²) in [7, 11) is 1.30. The van der Waals surface area contributed by atoms with E-state index in [9.17, 15) is 13.2 Å². The summed E-state index contributed by atoms with van der Waals surface area (Å²) in [5.74, 6) is 0.206. The second-order valence-corrected chi connectivity index (χ2v) is 8.41. The second-order valence-electron chi connectivity index (χ2n) is 5.91. The number of rotatable bonds is 3. The molecule has 0 bridgehead atoms. The van der Waals surface area contributed by atoms with Gasteiger partial charge in [0, 0.05) is 10.7 Å². The van der Waals surface area contributed by atoms with E-state index < -0.39 is 15.0 Å². The molecule has 1 fully saturated rings. The Morgan fingerprint density at radius 1 is 1.29 bits per heavy atom. The first-order chi connectivity index (χ1) is 9.68. The number of nitrogens with one attached hydrogen (secondary N) is 1. The summed E-state index contributed by atoms with van der Waals surface area (Å²) >= 11 is 0. The lowest BCUT2D eigenvalue weighted by Gasteiger charge is -2.30. The maximum Gasteiger partial charge on any atom is 0.360 e. The molecule has 0 saturated heterocycles.